The first-order valence-corrected chi connectivity index (χ1v) is 9.40. The van der Waals surface area contributed by atoms with Gasteiger partial charge >= 0.3 is 0 Å². The monoisotopic (exact) mass is 350 g/mol. The lowest BCUT2D eigenvalue weighted by atomic mass is 9.95. The van der Waals surface area contributed by atoms with Gasteiger partial charge in [-0.15, -0.1) is 0 Å². The van der Waals surface area contributed by atoms with Crippen LogP contribution in [0, 0.1) is 0 Å². The number of nitrogens with one attached hydrogen (secondary N) is 2. The smallest absolute Gasteiger partial charge is 0.245 e. The second kappa shape index (κ2) is 6.33. The summed E-state index contributed by atoms with van der Waals surface area (Å²) in [6.07, 6.45) is 2.88. The van der Waals surface area contributed by atoms with E-state index >= 15 is 0 Å². The zero-order chi connectivity index (χ0) is 17.2. The lowest BCUT2D eigenvalue weighted by Gasteiger charge is -2.34. The fourth-order valence-electron chi connectivity index (χ4n) is 2.84. The second-order valence-corrected chi connectivity index (χ2v) is 8.13. The van der Waals surface area contributed by atoms with Crippen molar-refractivity contribution in [1.82, 2.24) is 15.5 Å². The van der Waals surface area contributed by atoms with Crippen molar-refractivity contribution in [3.8, 4) is 11.4 Å². The Morgan fingerprint density at radius 2 is 1.92 bits per heavy atom. The van der Waals surface area contributed by atoms with Crippen LogP contribution in [-0.2, 0) is 14.6 Å². The Morgan fingerprint density at radius 3 is 2.46 bits per heavy atom. The summed E-state index contributed by atoms with van der Waals surface area (Å²) in [5.74, 6) is -0.0438. The van der Waals surface area contributed by atoms with Crippen molar-refractivity contribution in [3.05, 3.63) is 30.7 Å². The molecule has 0 bridgehead atoms. The summed E-state index contributed by atoms with van der Waals surface area (Å²) >= 11 is 0. The summed E-state index contributed by atoms with van der Waals surface area (Å²) in [6.45, 7) is 0.995. The third kappa shape index (κ3) is 3.04. The Hall–Kier alpha value is -2.26. The van der Waals surface area contributed by atoms with Crippen molar-refractivity contribution in [3.63, 3.8) is 0 Å². The van der Waals surface area contributed by atoms with Gasteiger partial charge in [0.15, 0.2) is 14.6 Å². The summed E-state index contributed by atoms with van der Waals surface area (Å²) in [4.78, 5) is 16.6. The van der Waals surface area contributed by atoms with Gasteiger partial charge in [0.1, 0.15) is 0 Å². The maximum absolute atomic E-state index is 12.7. The minimum absolute atomic E-state index is 0.263. The molecule has 1 amide bonds. The van der Waals surface area contributed by atoms with Crippen molar-refractivity contribution in [1.29, 1.82) is 0 Å². The van der Waals surface area contributed by atoms with E-state index in [1.165, 1.54) is 6.39 Å². The van der Waals surface area contributed by atoms with Crippen LogP contribution >= 0.6 is 0 Å². The molecule has 24 heavy (non-hydrogen) atoms. The quantitative estimate of drug-likeness (QED) is 0.840. The lowest BCUT2D eigenvalue weighted by Crippen LogP contribution is -2.55. The van der Waals surface area contributed by atoms with Gasteiger partial charge in [-0.2, -0.15) is 4.98 Å². The number of aromatic nitrogens is 2. The molecule has 0 spiro atoms. The minimum atomic E-state index is -3.53. The molecule has 0 unspecified atom stereocenters. The highest BCUT2D eigenvalue weighted by atomic mass is 32.2. The molecule has 2 N–H and O–H groups in total. The van der Waals surface area contributed by atoms with Crippen molar-refractivity contribution in [2.75, 3.05) is 24.7 Å². The van der Waals surface area contributed by atoms with Gasteiger partial charge in [-0.1, -0.05) is 5.16 Å². The molecule has 8 nitrogen and oxygen atoms in total. The molecule has 2 aromatic rings. The Labute approximate surface area is 139 Å². The molecule has 128 valence electrons. The SMILES string of the molecule is CS(=O)(=O)C1(C(=O)Nc2ccc(-c3ncon3)cc2)CCNCC1. The lowest BCUT2D eigenvalue weighted by molar-refractivity contribution is -0.119. The number of carbonyl (C=O) groups excluding carboxylic acids is 1. The number of hydrogen-bond donors (Lipinski definition) is 2. The maximum atomic E-state index is 12.7. The first-order chi connectivity index (χ1) is 11.4. The molecule has 1 saturated heterocycles. The van der Waals surface area contributed by atoms with Crippen LogP contribution in [0.3, 0.4) is 0 Å². The van der Waals surface area contributed by atoms with Crippen molar-refractivity contribution in [2.24, 2.45) is 0 Å². The van der Waals surface area contributed by atoms with Gasteiger partial charge in [-0.25, -0.2) is 8.42 Å². The zero-order valence-corrected chi connectivity index (χ0v) is 14.0. The number of benzene rings is 1. The third-order valence-electron chi connectivity index (χ3n) is 4.30. The molecule has 1 fully saturated rings. The van der Waals surface area contributed by atoms with Crippen LogP contribution in [-0.4, -0.2) is 48.6 Å². The van der Waals surface area contributed by atoms with E-state index in [4.69, 9.17) is 4.52 Å². The molecule has 0 aliphatic carbocycles. The topological polar surface area (TPSA) is 114 Å². The third-order valence-corrected chi connectivity index (χ3v) is 6.31. The summed E-state index contributed by atoms with van der Waals surface area (Å²) in [5.41, 5.74) is 1.26. The highest BCUT2D eigenvalue weighted by Gasteiger charge is 2.48. The van der Waals surface area contributed by atoms with Crippen LogP contribution in [0.15, 0.2) is 35.2 Å². The second-order valence-electron chi connectivity index (χ2n) is 5.80. The molecular weight excluding hydrogens is 332 g/mol. The number of carbonyl (C=O) groups is 1. The summed E-state index contributed by atoms with van der Waals surface area (Å²) in [5, 5.41) is 9.54. The van der Waals surface area contributed by atoms with Crippen molar-refractivity contribution < 1.29 is 17.7 Å². The molecule has 9 heteroatoms. The first-order valence-electron chi connectivity index (χ1n) is 7.51. The van der Waals surface area contributed by atoms with E-state index in [-0.39, 0.29) is 12.8 Å². The van der Waals surface area contributed by atoms with E-state index in [9.17, 15) is 13.2 Å². The molecular formula is C15H18N4O4S. The first kappa shape index (κ1) is 16.6. The normalized spacial score (nSPS) is 17.4. The number of hydrogen-bond acceptors (Lipinski definition) is 7. The van der Waals surface area contributed by atoms with Crippen LogP contribution in [0.25, 0.3) is 11.4 Å². The molecule has 1 aromatic heterocycles. The van der Waals surface area contributed by atoms with Gasteiger partial charge in [0.2, 0.25) is 18.1 Å². The summed E-state index contributed by atoms with van der Waals surface area (Å²) in [7, 11) is -3.53. The van der Waals surface area contributed by atoms with Crippen LogP contribution in [0.1, 0.15) is 12.8 Å². The van der Waals surface area contributed by atoms with Gasteiger partial charge in [0, 0.05) is 17.5 Å². The number of sulfone groups is 1. The van der Waals surface area contributed by atoms with E-state index in [2.05, 4.69) is 20.8 Å². The Morgan fingerprint density at radius 1 is 1.25 bits per heavy atom. The van der Waals surface area contributed by atoms with E-state index < -0.39 is 20.5 Å². The number of anilines is 1. The highest BCUT2D eigenvalue weighted by molar-refractivity contribution is 7.92. The molecule has 0 radical (unpaired) electrons. The number of nitrogens with zero attached hydrogens (tertiary/aromatic N) is 2. The Bertz CT molecular complexity index is 810. The summed E-state index contributed by atoms with van der Waals surface area (Å²) < 4.78 is 27.8. The molecule has 0 atom stereocenters. The molecule has 1 aliphatic rings. The fourth-order valence-corrected chi connectivity index (χ4v) is 4.18. The maximum Gasteiger partial charge on any atom is 0.245 e. The molecule has 2 heterocycles. The summed E-state index contributed by atoms with van der Waals surface area (Å²) in [6, 6.07) is 6.83. The minimum Gasteiger partial charge on any atom is -0.342 e. The van der Waals surface area contributed by atoms with Crippen LogP contribution in [0.5, 0.6) is 0 Å². The van der Waals surface area contributed by atoms with E-state index in [0.717, 1.165) is 11.8 Å². The standard InChI is InChI=1S/C15H18N4O4S/c1-24(21,22)15(6-8-16-9-7-15)14(20)18-12-4-2-11(3-5-12)13-17-10-23-19-13/h2-5,10,16H,6-9H2,1H3,(H,18,20). The van der Waals surface area contributed by atoms with Crippen LogP contribution in [0.2, 0.25) is 0 Å². The molecule has 1 aromatic carbocycles. The van der Waals surface area contributed by atoms with E-state index in [1.54, 1.807) is 24.3 Å². The predicted octanol–water partition coefficient (Wildman–Crippen LogP) is 0.842. The van der Waals surface area contributed by atoms with Crippen LogP contribution in [0.4, 0.5) is 5.69 Å². The van der Waals surface area contributed by atoms with Gasteiger partial charge in [0.05, 0.1) is 0 Å². The predicted molar refractivity (Wildman–Crippen MR) is 88.0 cm³/mol. The average Bonchev–Trinajstić information content (AvgIpc) is 3.09. The zero-order valence-electron chi connectivity index (χ0n) is 13.2. The van der Waals surface area contributed by atoms with Gasteiger partial charge < -0.3 is 15.2 Å². The fraction of sp³-hybridized carbons (Fsp3) is 0.400. The number of rotatable bonds is 4. The number of amides is 1. The van der Waals surface area contributed by atoms with E-state index in [1.807, 2.05) is 0 Å². The highest BCUT2D eigenvalue weighted by Crippen LogP contribution is 2.29. The Kier molecular flexibility index (Phi) is 4.37. The van der Waals surface area contributed by atoms with Gasteiger partial charge in [-0.3, -0.25) is 4.79 Å². The van der Waals surface area contributed by atoms with Crippen molar-refractivity contribution in [2.45, 2.75) is 17.6 Å². The van der Waals surface area contributed by atoms with Gasteiger partial charge in [0.25, 0.3) is 0 Å². The Balaban J connectivity index is 1.80. The molecule has 1 aliphatic heterocycles. The van der Waals surface area contributed by atoms with Crippen LogP contribution < -0.4 is 10.6 Å². The largest absolute Gasteiger partial charge is 0.342 e. The average molecular weight is 350 g/mol. The molecule has 0 saturated carbocycles. The molecule has 3 rings (SSSR count). The number of piperidine rings is 1. The van der Waals surface area contributed by atoms with Gasteiger partial charge in [-0.05, 0) is 50.2 Å². The van der Waals surface area contributed by atoms with E-state index in [0.29, 0.717) is 24.6 Å². The van der Waals surface area contributed by atoms with Crippen molar-refractivity contribution >= 4 is 21.4 Å².